The summed E-state index contributed by atoms with van der Waals surface area (Å²) < 4.78 is 21.6. The Morgan fingerprint density at radius 1 is 1.37 bits per heavy atom. The molecule has 2 aromatic heterocycles. The van der Waals surface area contributed by atoms with Crippen molar-refractivity contribution < 1.29 is 13.9 Å². The summed E-state index contributed by atoms with van der Waals surface area (Å²) in [4.78, 5) is 24.1. The number of nitrogens with zero attached hydrogens (tertiary/aromatic N) is 4. The zero-order chi connectivity index (χ0) is 20.7. The van der Waals surface area contributed by atoms with E-state index in [1.807, 2.05) is 6.08 Å². The van der Waals surface area contributed by atoms with Crippen molar-refractivity contribution in [2.45, 2.75) is 19.4 Å². The van der Waals surface area contributed by atoms with Crippen molar-refractivity contribution in [1.82, 2.24) is 14.4 Å². The van der Waals surface area contributed by atoms with Crippen molar-refractivity contribution in [1.29, 1.82) is 0 Å². The second-order valence-corrected chi connectivity index (χ2v) is 7.03. The quantitative estimate of drug-likeness (QED) is 0.672. The van der Waals surface area contributed by atoms with Crippen molar-refractivity contribution in [2.24, 2.45) is 0 Å². The Kier molecular flexibility index (Phi) is 4.29. The summed E-state index contributed by atoms with van der Waals surface area (Å²) in [7, 11) is 0. The van der Waals surface area contributed by atoms with E-state index in [0.717, 1.165) is 5.56 Å². The van der Waals surface area contributed by atoms with Gasteiger partial charge in [0.25, 0.3) is 5.82 Å². The maximum atomic E-state index is 14.4. The molecule has 3 aromatic rings. The summed E-state index contributed by atoms with van der Waals surface area (Å²) in [6, 6.07) is 3.05. The third-order valence-electron chi connectivity index (χ3n) is 5.20. The molecule has 1 N–H and O–H groups in total. The van der Waals surface area contributed by atoms with Crippen LogP contribution in [-0.4, -0.2) is 26.8 Å². The van der Waals surface area contributed by atoms with Gasteiger partial charge in [-0.3, -0.25) is 9.20 Å². The summed E-state index contributed by atoms with van der Waals surface area (Å²) in [5.74, 6) is 1.04. The molecule has 7 nitrogen and oxygen atoms in total. The van der Waals surface area contributed by atoms with Crippen molar-refractivity contribution in [3.05, 3.63) is 76.7 Å². The Morgan fingerprint density at radius 2 is 2.27 bits per heavy atom. The molecule has 3 heterocycles. The van der Waals surface area contributed by atoms with Gasteiger partial charge >= 0.3 is 0 Å². The van der Waals surface area contributed by atoms with Gasteiger partial charge < -0.3 is 14.9 Å². The molecule has 0 bridgehead atoms. The number of ether oxygens (including phenoxy) is 1. The van der Waals surface area contributed by atoms with Crippen molar-refractivity contribution >= 4 is 28.8 Å². The van der Waals surface area contributed by atoms with Crippen LogP contribution in [0.4, 0.5) is 16.2 Å². The molecule has 148 valence electrons. The van der Waals surface area contributed by atoms with E-state index in [1.165, 1.54) is 6.07 Å². The van der Waals surface area contributed by atoms with E-state index in [1.54, 1.807) is 35.0 Å². The third-order valence-corrected chi connectivity index (χ3v) is 5.20. The Bertz CT molecular complexity index is 1300. The molecule has 1 aliphatic heterocycles. The topological polar surface area (TPSA) is 72.9 Å². The van der Waals surface area contributed by atoms with Crippen LogP contribution in [-0.2, 0) is 17.8 Å². The number of hydrogen-bond donors (Lipinski definition) is 1. The van der Waals surface area contributed by atoms with E-state index in [0.29, 0.717) is 53.5 Å². The van der Waals surface area contributed by atoms with Gasteiger partial charge in [-0.15, -0.1) is 0 Å². The molecular formula is C22H16FN5O2. The minimum atomic E-state index is -0.303. The highest BCUT2D eigenvalue weighted by Crippen LogP contribution is 2.31. The van der Waals surface area contributed by atoms with E-state index in [-0.39, 0.29) is 24.0 Å². The van der Waals surface area contributed by atoms with Crippen LogP contribution in [0.15, 0.2) is 42.8 Å². The van der Waals surface area contributed by atoms with Crippen LogP contribution >= 0.6 is 0 Å². The van der Waals surface area contributed by atoms with E-state index in [4.69, 9.17) is 11.3 Å². The number of anilines is 1. The number of halogens is 1. The summed E-state index contributed by atoms with van der Waals surface area (Å²) in [6.45, 7) is 8.06. The summed E-state index contributed by atoms with van der Waals surface area (Å²) in [5.41, 5.74) is 3.25. The molecule has 1 aromatic carbocycles. The second kappa shape index (κ2) is 7.12. The number of nitrogens with one attached hydrogen (secondary N) is 1. The molecule has 0 spiro atoms. The smallest absolute Gasteiger partial charge is 0.288 e. The number of carbonyl (C=O) groups excluding carboxylic acids is 1. The Labute approximate surface area is 171 Å². The molecule has 0 unspecified atom stereocenters. The average molecular weight is 401 g/mol. The van der Waals surface area contributed by atoms with Gasteiger partial charge in [-0.2, -0.15) is 0 Å². The first kappa shape index (κ1) is 18.1. The van der Waals surface area contributed by atoms with E-state index < -0.39 is 0 Å². The largest absolute Gasteiger partial charge is 0.493 e. The molecular weight excluding hydrogens is 385 g/mol. The van der Waals surface area contributed by atoms with Crippen LogP contribution < -0.4 is 10.1 Å². The fourth-order valence-corrected chi connectivity index (χ4v) is 3.78. The van der Waals surface area contributed by atoms with Crippen molar-refractivity contribution in [3.8, 4) is 5.75 Å². The van der Waals surface area contributed by atoms with Gasteiger partial charge in [-0.25, -0.2) is 9.37 Å². The minimum Gasteiger partial charge on any atom is -0.493 e. The standard InChI is InChI=1S/C22H16FN5O2/c1-24-20-12-28-21(27-20)16(13-3-2-4-14(29)9-13)10-25-22(28)26-11-17-15-7-8-30-19(15)6-5-18(17)23/h2-3,5-6,9-10,12H,4,7-8,11H2,(H,25,26). The van der Waals surface area contributed by atoms with E-state index in [2.05, 4.69) is 20.1 Å². The first-order chi connectivity index (χ1) is 14.6. The first-order valence-electron chi connectivity index (χ1n) is 9.48. The minimum absolute atomic E-state index is 0.000405. The van der Waals surface area contributed by atoms with Gasteiger partial charge in [-0.1, -0.05) is 23.7 Å². The fourth-order valence-electron chi connectivity index (χ4n) is 3.78. The molecule has 0 radical (unpaired) electrons. The molecule has 0 atom stereocenters. The molecule has 5 rings (SSSR count). The normalized spacial score (nSPS) is 14.9. The lowest BCUT2D eigenvalue weighted by Gasteiger charge is -2.13. The average Bonchev–Trinajstić information content (AvgIpc) is 3.40. The number of allylic oxidation sites excluding steroid dienone is 4. The number of benzene rings is 1. The van der Waals surface area contributed by atoms with Gasteiger partial charge in [-0.05, 0) is 23.8 Å². The number of hydrogen-bond acceptors (Lipinski definition) is 5. The van der Waals surface area contributed by atoms with Gasteiger partial charge in [0.15, 0.2) is 5.78 Å². The maximum Gasteiger partial charge on any atom is 0.288 e. The van der Waals surface area contributed by atoms with Crippen LogP contribution in [0.1, 0.15) is 23.1 Å². The predicted octanol–water partition coefficient (Wildman–Crippen LogP) is 3.88. The first-order valence-corrected chi connectivity index (χ1v) is 9.48. The molecule has 1 aliphatic carbocycles. The number of rotatable bonds is 4. The monoisotopic (exact) mass is 401 g/mol. The Morgan fingerprint density at radius 3 is 3.10 bits per heavy atom. The number of aromatic nitrogens is 3. The Balaban J connectivity index is 1.54. The second-order valence-electron chi connectivity index (χ2n) is 7.03. The van der Waals surface area contributed by atoms with E-state index >= 15 is 0 Å². The molecule has 0 saturated heterocycles. The highest BCUT2D eigenvalue weighted by atomic mass is 19.1. The highest BCUT2D eigenvalue weighted by Gasteiger charge is 2.21. The predicted molar refractivity (Wildman–Crippen MR) is 109 cm³/mol. The molecule has 2 aliphatic rings. The maximum absolute atomic E-state index is 14.4. The van der Waals surface area contributed by atoms with Gasteiger partial charge in [0.05, 0.1) is 12.2 Å². The fraction of sp³-hybridized carbons (Fsp3) is 0.182. The third kappa shape index (κ3) is 3.01. The number of ketones is 1. The van der Waals surface area contributed by atoms with Crippen LogP contribution in [0.5, 0.6) is 5.75 Å². The van der Waals surface area contributed by atoms with E-state index in [9.17, 15) is 9.18 Å². The molecule has 0 amide bonds. The van der Waals surface area contributed by atoms with Crippen molar-refractivity contribution in [3.63, 3.8) is 0 Å². The lowest BCUT2D eigenvalue weighted by Crippen LogP contribution is -2.10. The SMILES string of the molecule is [C-]#[N+]c1cn2c(NCc3c(F)ccc4c3CCO4)ncc(C3=CC(=O)CC=C3)c2n1. The van der Waals surface area contributed by atoms with Gasteiger partial charge in [0.1, 0.15) is 11.6 Å². The van der Waals surface area contributed by atoms with Crippen LogP contribution in [0.25, 0.3) is 16.1 Å². The molecule has 0 fully saturated rings. The zero-order valence-electron chi connectivity index (χ0n) is 15.9. The lowest BCUT2D eigenvalue weighted by atomic mass is 10.0. The number of fused-ring (bicyclic) bond motifs is 2. The van der Waals surface area contributed by atoms with Crippen LogP contribution in [0.3, 0.4) is 0 Å². The van der Waals surface area contributed by atoms with Crippen molar-refractivity contribution in [2.75, 3.05) is 11.9 Å². The number of imidazole rings is 1. The summed E-state index contributed by atoms with van der Waals surface area (Å²) in [5, 5.41) is 3.16. The van der Waals surface area contributed by atoms with Crippen LogP contribution in [0.2, 0.25) is 0 Å². The van der Waals surface area contributed by atoms with Gasteiger partial charge in [0, 0.05) is 42.9 Å². The number of carbonyl (C=O) groups is 1. The lowest BCUT2D eigenvalue weighted by molar-refractivity contribution is -0.113. The zero-order valence-corrected chi connectivity index (χ0v) is 15.9. The summed E-state index contributed by atoms with van der Waals surface area (Å²) >= 11 is 0. The van der Waals surface area contributed by atoms with Crippen LogP contribution in [0, 0.1) is 12.4 Å². The molecule has 30 heavy (non-hydrogen) atoms. The molecule has 8 heteroatoms. The highest BCUT2D eigenvalue weighted by molar-refractivity contribution is 6.03. The Hall–Kier alpha value is -3.99. The molecule has 0 saturated carbocycles. The van der Waals surface area contributed by atoms with Gasteiger partial charge in [0.2, 0.25) is 11.6 Å². The summed E-state index contributed by atoms with van der Waals surface area (Å²) in [6.07, 6.45) is 9.41.